The monoisotopic (exact) mass is 272 g/mol. The number of nitrogens with zero attached hydrogens (tertiary/aromatic N) is 3. The number of anilines is 1. The van der Waals surface area contributed by atoms with Crippen LogP contribution in [0.15, 0.2) is 30.3 Å². The molecule has 4 heteroatoms. The Kier molecular flexibility index (Phi) is 4.79. The van der Waals surface area contributed by atoms with Gasteiger partial charge in [0.25, 0.3) is 0 Å². The number of benzene rings is 1. The minimum Gasteiger partial charge on any atom is -0.399 e. The van der Waals surface area contributed by atoms with Gasteiger partial charge in [0.1, 0.15) is 0 Å². The minimum atomic E-state index is 0.829. The van der Waals surface area contributed by atoms with E-state index in [1.807, 2.05) is 30.8 Å². The Morgan fingerprint density at radius 1 is 1.25 bits per heavy atom. The van der Waals surface area contributed by atoms with E-state index in [9.17, 15) is 0 Å². The maximum atomic E-state index is 5.86. The van der Waals surface area contributed by atoms with Crippen LogP contribution in [0.4, 0.5) is 5.69 Å². The third kappa shape index (κ3) is 3.84. The van der Waals surface area contributed by atoms with E-state index in [-0.39, 0.29) is 0 Å². The average Bonchev–Trinajstić information content (AvgIpc) is 2.68. The normalized spacial score (nSPS) is 11.2. The quantitative estimate of drug-likeness (QED) is 0.823. The van der Waals surface area contributed by atoms with Crippen LogP contribution in [-0.2, 0) is 20.1 Å². The van der Waals surface area contributed by atoms with Crippen LogP contribution in [-0.4, -0.2) is 21.2 Å². The molecule has 1 heterocycles. The van der Waals surface area contributed by atoms with E-state index < -0.39 is 0 Å². The Morgan fingerprint density at radius 3 is 2.65 bits per heavy atom. The molecule has 0 fully saturated rings. The van der Waals surface area contributed by atoms with Crippen molar-refractivity contribution in [3.05, 3.63) is 47.3 Å². The third-order valence-electron chi connectivity index (χ3n) is 3.38. The maximum absolute atomic E-state index is 5.86. The van der Waals surface area contributed by atoms with Crippen LogP contribution in [0.2, 0.25) is 0 Å². The molecule has 0 unspecified atom stereocenters. The molecular formula is C16H24N4. The molecule has 0 saturated carbocycles. The van der Waals surface area contributed by atoms with Crippen LogP contribution in [0.1, 0.15) is 30.3 Å². The summed E-state index contributed by atoms with van der Waals surface area (Å²) in [6.07, 6.45) is 1.14. The first-order valence-corrected chi connectivity index (χ1v) is 7.14. The SMILES string of the molecule is CCCN(Cc1cccc(N)c1)Cc1cc(C)nn1C. The highest BCUT2D eigenvalue weighted by Gasteiger charge is 2.10. The number of hydrogen-bond donors (Lipinski definition) is 1. The highest BCUT2D eigenvalue weighted by Crippen LogP contribution is 2.13. The van der Waals surface area contributed by atoms with Gasteiger partial charge in [0.05, 0.1) is 11.4 Å². The van der Waals surface area contributed by atoms with Gasteiger partial charge >= 0.3 is 0 Å². The van der Waals surface area contributed by atoms with Crippen LogP contribution in [0.3, 0.4) is 0 Å². The summed E-state index contributed by atoms with van der Waals surface area (Å²) < 4.78 is 1.97. The van der Waals surface area contributed by atoms with E-state index in [4.69, 9.17) is 5.73 Å². The van der Waals surface area contributed by atoms with Gasteiger partial charge in [-0.1, -0.05) is 19.1 Å². The van der Waals surface area contributed by atoms with Crippen LogP contribution in [0.5, 0.6) is 0 Å². The molecule has 0 bridgehead atoms. The summed E-state index contributed by atoms with van der Waals surface area (Å²) in [5.74, 6) is 0. The molecule has 0 aliphatic rings. The van der Waals surface area contributed by atoms with Crippen LogP contribution >= 0.6 is 0 Å². The van der Waals surface area contributed by atoms with E-state index in [2.05, 4.69) is 35.1 Å². The van der Waals surface area contributed by atoms with Crippen molar-refractivity contribution in [2.24, 2.45) is 7.05 Å². The average molecular weight is 272 g/mol. The van der Waals surface area contributed by atoms with Crippen molar-refractivity contribution in [3.8, 4) is 0 Å². The summed E-state index contributed by atoms with van der Waals surface area (Å²) in [5, 5.41) is 4.42. The second-order valence-corrected chi connectivity index (χ2v) is 5.36. The predicted octanol–water partition coefficient (Wildman–Crippen LogP) is 2.72. The maximum Gasteiger partial charge on any atom is 0.0597 e. The summed E-state index contributed by atoms with van der Waals surface area (Å²) in [6, 6.07) is 10.3. The van der Waals surface area contributed by atoms with Crippen molar-refractivity contribution < 1.29 is 0 Å². The van der Waals surface area contributed by atoms with Crippen molar-refractivity contribution in [2.75, 3.05) is 12.3 Å². The van der Waals surface area contributed by atoms with Crippen LogP contribution < -0.4 is 5.73 Å². The predicted molar refractivity (Wildman–Crippen MR) is 83.2 cm³/mol. The summed E-state index contributed by atoms with van der Waals surface area (Å²) in [5.41, 5.74) is 10.3. The number of hydrogen-bond acceptors (Lipinski definition) is 3. The van der Waals surface area contributed by atoms with E-state index in [1.54, 1.807) is 0 Å². The molecule has 0 saturated heterocycles. The zero-order valence-corrected chi connectivity index (χ0v) is 12.6. The Bertz CT molecular complexity index is 559. The second kappa shape index (κ2) is 6.57. The lowest BCUT2D eigenvalue weighted by molar-refractivity contribution is 0.250. The Balaban J connectivity index is 2.09. The number of nitrogen functional groups attached to an aromatic ring is 1. The number of aryl methyl sites for hydroxylation is 2. The van der Waals surface area contributed by atoms with Gasteiger partial charge in [-0.3, -0.25) is 9.58 Å². The number of aromatic nitrogens is 2. The summed E-state index contributed by atoms with van der Waals surface area (Å²) in [7, 11) is 2.01. The first-order valence-electron chi connectivity index (χ1n) is 7.14. The highest BCUT2D eigenvalue weighted by atomic mass is 15.3. The van der Waals surface area contributed by atoms with Crippen molar-refractivity contribution >= 4 is 5.69 Å². The summed E-state index contributed by atoms with van der Waals surface area (Å²) in [6.45, 7) is 7.15. The summed E-state index contributed by atoms with van der Waals surface area (Å²) >= 11 is 0. The zero-order chi connectivity index (χ0) is 14.5. The van der Waals surface area contributed by atoms with Gasteiger partial charge in [-0.25, -0.2) is 0 Å². The Labute approximate surface area is 121 Å². The third-order valence-corrected chi connectivity index (χ3v) is 3.38. The van der Waals surface area contributed by atoms with Gasteiger partial charge in [0.2, 0.25) is 0 Å². The van der Waals surface area contributed by atoms with Gasteiger partial charge in [-0.05, 0) is 43.7 Å². The van der Waals surface area contributed by atoms with Crippen molar-refractivity contribution in [1.29, 1.82) is 0 Å². The largest absolute Gasteiger partial charge is 0.399 e. The number of nitrogens with two attached hydrogens (primary N) is 1. The molecule has 2 N–H and O–H groups in total. The molecule has 0 radical (unpaired) electrons. The first kappa shape index (κ1) is 14.6. The molecule has 1 aromatic heterocycles. The van der Waals surface area contributed by atoms with Crippen molar-refractivity contribution in [3.63, 3.8) is 0 Å². The van der Waals surface area contributed by atoms with E-state index in [1.165, 1.54) is 11.3 Å². The molecule has 0 atom stereocenters. The molecule has 0 spiro atoms. The van der Waals surface area contributed by atoms with Crippen LogP contribution in [0.25, 0.3) is 0 Å². The zero-order valence-electron chi connectivity index (χ0n) is 12.6. The van der Waals surface area contributed by atoms with Gasteiger partial charge in [-0.2, -0.15) is 5.10 Å². The van der Waals surface area contributed by atoms with Gasteiger partial charge < -0.3 is 5.73 Å². The smallest absolute Gasteiger partial charge is 0.0597 e. The molecule has 0 aliphatic carbocycles. The minimum absolute atomic E-state index is 0.829. The lowest BCUT2D eigenvalue weighted by atomic mass is 10.2. The lowest BCUT2D eigenvalue weighted by Crippen LogP contribution is -2.25. The molecule has 20 heavy (non-hydrogen) atoms. The molecule has 4 nitrogen and oxygen atoms in total. The van der Waals surface area contributed by atoms with Crippen molar-refractivity contribution in [1.82, 2.24) is 14.7 Å². The molecule has 0 amide bonds. The standard InChI is InChI=1S/C16H24N4/c1-4-8-20(11-14-6-5-7-15(17)10-14)12-16-9-13(2)18-19(16)3/h5-7,9-10H,4,8,11-12,17H2,1-3H3. The van der Waals surface area contributed by atoms with E-state index in [0.717, 1.165) is 37.4 Å². The fourth-order valence-electron chi connectivity index (χ4n) is 2.52. The Hall–Kier alpha value is -1.81. The fraction of sp³-hybridized carbons (Fsp3) is 0.438. The lowest BCUT2D eigenvalue weighted by Gasteiger charge is -2.22. The first-order chi connectivity index (χ1) is 9.58. The molecule has 2 rings (SSSR count). The Morgan fingerprint density at radius 2 is 2.05 bits per heavy atom. The summed E-state index contributed by atoms with van der Waals surface area (Å²) in [4.78, 5) is 2.44. The second-order valence-electron chi connectivity index (χ2n) is 5.36. The molecule has 0 aliphatic heterocycles. The molecule has 2 aromatic rings. The van der Waals surface area contributed by atoms with Gasteiger partial charge in [0.15, 0.2) is 0 Å². The van der Waals surface area contributed by atoms with E-state index >= 15 is 0 Å². The highest BCUT2D eigenvalue weighted by molar-refractivity contribution is 5.40. The topological polar surface area (TPSA) is 47.1 Å². The van der Waals surface area contributed by atoms with E-state index in [0.29, 0.717) is 0 Å². The molecule has 108 valence electrons. The molecular weight excluding hydrogens is 248 g/mol. The number of rotatable bonds is 6. The van der Waals surface area contributed by atoms with Crippen LogP contribution in [0, 0.1) is 6.92 Å². The molecule has 1 aromatic carbocycles. The van der Waals surface area contributed by atoms with Gasteiger partial charge in [0, 0.05) is 25.8 Å². The fourth-order valence-corrected chi connectivity index (χ4v) is 2.52. The van der Waals surface area contributed by atoms with Gasteiger partial charge in [-0.15, -0.1) is 0 Å². The van der Waals surface area contributed by atoms with Crippen molar-refractivity contribution in [2.45, 2.75) is 33.4 Å².